The summed E-state index contributed by atoms with van der Waals surface area (Å²) in [4.78, 5) is 10.2. The molecular formula is C8H5ClF2O2. The SMILES string of the molecule is O=C(O)C(F)c1ccc(F)cc1Cl. The van der Waals surface area contributed by atoms with Crippen molar-refractivity contribution < 1.29 is 18.7 Å². The van der Waals surface area contributed by atoms with Crippen LogP contribution in [0, 0.1) is 5.82 Å². The highest BCUT2D eigenvalue weighted by Gasteiger charge is 2.21. The van der Waals surface area contributed by atoms with Gasteiger partial charge in [-0.1, -0.05) is 17.7 Å². The predicted molar refractivity (Wildman–Crippen MR) is 42.9 cm³/mol. The van der Waals surface area contributed by atoms with Crippen LogP contribution in [0.2, 0.25) is 5.02 Å². The Hall–Kier alpha value is -1.16. The average molecular weight is 207 g/mol. The van der Waals surface area contributed by atoms with Crippen LogP contribution in [0.3, 0.4) is 0 Å². The van der Waals surface area contributed by atoms with Gasteiger partial charge >= 0.3 is 5.97 Å². The normalized spacial score (nSPS) is 12.5. The number of rotatable bonds is 2. The second kappa shape index (κ2) is 3.70. The van der Waals surface area contributed by atoms with Crippen molar-refractivity contribution in [3.63, 3.8) is 0 Å². The fourth-order valence-electron chi connectivity index (χ4n) is 0.840. The van der Waals surface area contributed by atoms with E-state index in [1.54, 1.807) is 0 Å². The average Bonchev–Trinajstić information content (AvgIpc) is 2.03. The first-order valence-electron chi connectivity index (χ1n) is 3.34. The van der Waals surface area contributed by atoms with E-state index in [9.17, 15) is 13.6 Å². The first kappa shape index (κ1) is 9.92. The minimum absolute atomic E-state index is 0.227. The summed E-state index contributed by atoms with van der Waals surface area (Å²) in [5.74, 6) is -2.28. The molecule has 0 saturated carbocycles. The molecule has 0 aliphatic heterocycles. The van der Waals surface area contributed by atoms with Gasteiger partial charge < -0.3 is 5.11 Å². The van der Waals surface area contributed by atoms with Crippen LogP contribution in [-0.4, -0.2) is 11.1 Å². The molecule has 0 radical (unpaired) electrons. The second-order valence-corrected chi connectivity index (χ2v) is 2.77. The molecule has 0 bridgehead atoms. The lowest BCUT2D eigenvalue weighted by atomic mass is 10.1. The van der Waals surface area contributed by atoms with E-state index in [0.29, 0.717) is 0 Å². The largest absolute Gasteiger partial charge is 0.479 e. The molecule has 0 amide bonds. The van der Waals surface area contributed by atoms with E-state index >= 15 is 0 Å². The van der Waals surface area contributed by atoms with Gasteiger partial charge in [-0.05, 0) is 12.1 Å². The van der Waals surface area contributed by atoms with Crippen LogP contribution >= 0.6 is 11.6 Å². The maximum absolute atomic E-state index is 12.8. The standard InChI is InChI=1S/C8H5ClF2O2/c9-6-3-4(10)1-2-5(6)7(11)8(12)13/h1-3,7H,(H,12,13). The third kappa shape index (κ3) is 2.15. The number of hydrogen-bond acceptors (Lipinski definition) is 1. The van der Waals surface area contributed by atoms with Gasteiger partial charge in [-0.2, -0.15) is 0 Å². The van der Waals surface area contributed by atoms with Gasteiger partial charge in [0.1, 0.15) is 5.82 Å². The maximum atomic E-state index is 12.8. The van der Waals surface area contributed by atoms with Gasteiger partial charge in [0.2, 0.25) is 6.17 Å². The van der Waals surface area contributed by atoms with Crippen molar-refractivity contribution in [2.45, 2.75) is 6.17 Å². The molecule has 0 aromatic heterocycles. The number of aliphatic carboxylic acids is 1. The van der Waals surface area contributed by atoms with Gasteiger partial charge in [0.25, 0.3) is 0 Å². The highest BCUT2D eigenvalue weighted by atomic mass is 35.5. The number of halogens is 3. The third-order valence-corrected chi connectivity index (χ3v) is 1.78. The van der Waals surface area contributed by atoms with Crippen molar-refractivity contribution in [3.8, 4) is 0 Å². The van der Waals surface area contributed by atoms with E-state index in [4.69, 9.17) is 16.7 Å². The fraction of sp³-hybridized carbons (Fsp3) is 0.125. The smallest absolute Gasteiger partial charge is 0.343 e. The Balaban J connectivity index is 3.08. The van der Waals surface area contributed by atoms with E-state index < -0.39 is 18.0 Å². The quantitative estimate of drug-likeness (QED) is 0.808. The van der Waals surface area contributed by atoms with Gasteiger partial charge in [-0.15, -0.1) is 0 Å². The van der Waals surface area contributed by atoms with Crippen molar-refractivity contribution in [2.75, 3.05) is 0 Å². The maximum Gasteiger partial charge on any atom is 0.343 e. The minimum Gasteiger partial charge on any atom is -0.479 e. The van der Waals surface area contributed by atoms with Crippen LogP contribution in [0.25, 0.3) is 0 Å². The molecule has 70 valence electrons. The summed E-state index contributed by atoms with van der Waals surface area (Å²) in [5.41, 5.74) is -0.240. The Morgan fingerprint density at radius 2 is 2.15 bits per heavy atom. The Morgan fingerprint density at radius 3 is 2.62 bits per heavy atom. The van der Waals surface area contributed by atoms with E-state index in [1.165, 1.54) is 0 Å². The molecule has 0 aliphatic carbocycles. The first-order chi connectivity index (χ1) is 6.02. The topological polar surface area (TPSA) is 37.3 Å². The Morgan fingerprint density at radius 1 is 1.54 bits per heavy atom. The molecule has 1 rings (SSSR count). The Kier molecular flexibility index (Phi) is 2.83. The molecule has 0 fully saturated rings. The van der Waals surface area contributed by atoms with Gasteiger partial charge in [-0.3, -0.25) is 0 Å². The summed E-state index contributed by atoms with van der Waals surface area (Å²) in [6.45, 7) is 0. The van der Waals surface area contributed by atoms with Crippen LogP contribution in [0.4, 0.5) is 8.78 Å². The fourth-order valence-corrected chi connectivity index (χ4v) is 1.10. The summed E-state index contributed by atoms with van der Waals surface area (Å²) < 4.78 is 25.3. The molecule has 5 heteroatoms. The second-order valence-electron chi connectivity index (χ2n) is 2.37. The molecule has 1 aromatic rings. The third-order valence-electron chi connectivity index (χ3n) is 1.45. The van der Waals surface area contributed by atoms with Crippen molar-refractivity contribution in [1.29, 1.82) is 0 Å². The van der Waals surface area contributed by atoms with Crippen LogP contribution in [0.1, 0.15) is 11.7 Å². The van der Waals surface area contributed by atoms with E-state index in [2.05, 4.69) is 0 Å². The Bertz CT molecular complexity index is 341. The van der Waals surface area contributed by atoms with Crippen molar-refractivity contribution in [3.05, 3.63) is 34.6 Å². The summed E-state index contributed by atoms with van der Waals surface area (Å²) in [6.07, 6.45) is -2.21. The molecule has 2 nitrogen and oxygen atoms in total. The van der Waals surface area contributed by atoms with Gasteiger partial charge in [0, 0.05) is 5.56 Å². The lowest BCUT2D eigenvalue weighted by molar-refractivity contribution is -0.143. The molecular weight excluding hydrogens is 202 g/mol. The number of hydrogen-bond donors (Lipinski definition) is 1. The van der Waals surface area contributed by atoms with Crippen LogP contribution < -0.4 is 0 Å². The zero-order valence-electron chi connectivity index (χ0n) is 6.30. The molecule has 1 aromatic carbocycles. The predicted octanol–water partition coefficient (Wildman–Crippen LogP) is 2.57. The van der Waals surface area contributed by atoms with Crippen LogP contribution in [0.5, 0.6) is 0 Å². The summed E-state index contributed by atoms with van der Waals surface area (Å²) in [5, 5.41) is 8.07. The Labute approximate surface area is 77.8 Å². The van der Waals surface area contributed by atoms with Crippen LogP contribution in [-0.2, 0) is 4.79 Å². The summed E-state index contributed by atoms with van der Waals surface area (Å²) in [7, 11) is 0. The zero-order valence-corrected chi connectivity index (χ0v) is 7.05. The summed E-state index contributed by atoms with van der Waals surface area (Å²) in [6, 6.07) is 2.83. The van der Waals surface area contributed by atoms with Crippen molar-refractivity contribution >= 4 is 17.6 Å². The highest BCUT2D eigenvalue weighted by Crippen LogP contribution is 2.26. The molecule has 13 heavy (non-hydrogen) atoms. The molecule has 1 unspecified atom stereocenters. The molecule has 0 saturated heterocycles. The number of alkyl halides is 1. The molecule has 1 atom stereocenters. The zero-order chi connectivity index (χ0) is 10.0. The number of benzene rings is 1. The monoisotopic (exact) mass is 206 g/mol. The molecule has 1 N–H and O–H groups in total. The molecule has 0 spiro atoms. The lowest BCUT2D eigenvalue weighted by Crippen LogP contribution is -2.06. The highest BCUT2D eigenvalue weighted by molar-refractivity contribution is 6.31. The molecule has 0 aliphatic rings. The number of carbonyl (C=O) groups is 1. The molecule has 0 heterocycles. The van der Waals surface area contributed by atoms with Gasteiger partial charge in [0.05, 0.1) is 5.02 Å². The van der Waals surface area contributed by atoms with Crippen LogP contribution in [0.15, 0.2) is 18.2 Å². The van der Waals surface area contributed by atoms with E-state index in [-0.39, 0.29) is 10.6 Å². The van der Waals surface area contributed by atoms with Gasteiger partial charge in [-0.25, -0.2) is 13.6 Å². The van der Waals surface area contributed by atoms with E-state index in [1.807, 2.05) is 0 Å². The first-order valence-corrected chi connectivity index (χ1v) is 3.72. The van der Waals surface area contributed by atoms with Gasteiger partial charge in [0.15, 0.2) is 0 Å². The minimum atomic E-state index is -2.21. The number of carboxylic acids is 1. The lowest BCUT2D eigenvalue weighted by Gasteiger charge is -2.04. The number of carboxylic acid groups (broad SMARTS) is 1. The van der Waals surface area contributed by atoms with E-state index in [0.717, 1.165) is 18.2 Å². The van der Waals surface area contributed by atoms with Crippen molar-refractivity contribution in [1.82, 2.24) is 0 Å². The summed E-state index contributed by atoms with van der Waals surface area (Å²) >= 11 is 5.43. The van der Waals surface area contributed by atoms with Crippen molar-refractivity contribution in [2.24, 2.45) is 0 Å².